The minimum absolute atomic E-state index is 0.235. The molecule has 1 amide bonds. The Labute approximate surface area is 129 Å². The van der Waals surface area contributed by atoms with E-state index in [0.29, 0.717) is 11.3 Å². The first kappa shape index (κ1) is 15.4. The quantitative estimate of drug-likeness (QED) is 0.916. The number of hydrogen-bond donors (Lipinski definition) is 1. The van der Waals surface area contributed by atoms with Gasteiger partial charge in [-0.1, -0.05) is 6.07 Å². The summed E-state index contributed by atoms with van der Waals surface area (Å²) in [4.78, 5) is 14.2. The topological polar surface area (TPSA) is 81.9 Å². The van der Waals surface area contributed by atoms with E-state index in [1.165, 1.54) is 0 Å². The van der Waals surface area contributed by atoms with Gasteiger partial charge in [-0.3, -0.25) is 4.79 Å². The number of aromatic nitrogens is 2. The molecule has 112 valence electrons. The summed E-state index contributed by atoms with van der Waals surface area (Å²) < 4.78 is 0. The predicted molar refractivity (Wildman–Crippen MR) is 84.7 cm³/mol. The van der Waals surface area contributed by atoms with E-state index in [4.69, 9.17) is 5.26 Å². The normalized spacial score (nSPS) is 9.86. The Kier molecular flexibility index (Phi) is 5.04. The third-order valence-corrected chi connectivity index (χ3v) is 3.22. The van der Waals surface area contributed by atoms with Gasteiger partial charge in [0.25, 0.3) is 5.91 Å². The average Bonchev–Trinajstić information content (AvgIpc) is 2.56. The average molecular weight is 295 g/mol. The lowest BCUT2D eigenvalue weighted by Crippen LogP contribution is -2.24. The van der Waals surface area contributed by atoms with E-state index in [-0.39, 0.29) is 11.6 Å². The molecule has 0 aliphatic heterocycles. The Hall–Kier alpha value is -2.94. The number of anilines is 2. The largest absolute Gasteiger partial charge is 0.356 e. The second-order valence-electron chi connectivity index (χ2n) is 4.60. The van der Waals surface area contributed by atoms with Crippen molar-refractivity contribution in [1.29, 1.82) is 5.26 Å². The van der Waals surface area contributed by atoms with Crippen molar-refractivity contribution >= 4 is 17.4 Å². The number of carbonyl (C=O) groups is 1. The van der Waals surface area contributed by atoms with Gasteiger partial charge >= 0.3 is 0 Å². The molecule has 1 heterocycles. The van der Waals surface area contributed by atoms with Gasteiger partial charge in [-0.2, -0.15) is 5.26 Å². The third kappa shape index (κ3) is 3.58. The molecular formula is C16H17N5O. The Balaban J connectivity index is 2.11. The van der Waals surface area contributed by atoms with Crippen LogP contribution in [0.25, 0.3) is 0 Å². The van der Waals surface area contributed by atoms with Crippen LogP contribution in [0.2, 0.25) is 0 Å². The maximum absolute atomic E-state index is 12.1. The summed E-state index contributed by atoms with van der Waals surface area (Å²) in [5.41, 5.74) is 1.28. The summed E-state index contributed by atoms with van der Waals surface area (Å²) in [6, 6.07) is 12.2. The van der Waals surface area contributed by atoms with E-state index in [9.17, 15) is 4.79 Å². The molecule has 0 saturated heterocycles. The van der Waals surface area contributed by atoms with Crippen LogP contribution in [0.1, 0.15) is 29.9 Å². The van der Waals surface area contributed by atoms with Crippen molar-refractivity contribution in [2.45, 2.75) is 13.8 Å². The zero-order chi connectivity index (χ0) is 15.9. The Morgan fingerprint density at radius 3 is 2.59 bits per heavy atom. The van der Waals surface area contributed by atoms with Crippen molar-refractivity contribution in [2.75, 3.05) is 23.3 Å². The standard InChI is InChI=1S/C16H17N5O/c1-3-21(4-2)15-9-8-14(19-20-15)16(22)18-13-7-5-6-12(10-13)11-17/h5-10H,3-4H2,1-2H3,(H,18,22). The highest BCUT2D eigenvalue weighted by molar-refractivity contribution is 6.02. The molecule has 0 bridgehead atoms. The number of carbonyl (C=O) groups excluding carboxylic acids is 1. The van der Waals surface area contributed by atoms with Crippen LogP contribution < -0.4 is 10.2 Å². The molecular weight excluding hydrogens is 278 g/mol. The Morgan fingerprint density at radius 1 is 1.23 bits per heavy atom. The molecule has 1 aromatic heterocycles. The Bertz CT molecular complexity index is 686. The van der Waals surface area contributed by atoms with Crippen molar-refractivity contribution in [2.24, 2.45) is 0 Å². The molecule has 2 rings (SSSR count). The first-order chi connectivity index (χ1) is 10.7. The van der Waals surface area contributed by atoms with Crippen LogP contribution in [0.15, 0.2) is 36.4 Å². The van der Waals surface area contributed by atoms with Gasteiger partial charge in [-0.25, -0.2) is 0 Å². The van der Waals surface area contributed by atoms with E-state index in [1.54, 1.807) is 36.4 Å². The lowest BCUT2D eigenvalue weighted by molar-refractivity contribution is 0.102. The maximum Gasteiger partial charge on any atom is 0.276 e. The molecule has 1 N–H and O–H groups in total. The molecule has 22 heavy (non-hydrogen) atoms. The lowest BCUT2D eigenvalue weighted by Gasteiger charge is -2.18. The Morgan fingerprint density at radius 2 is 2.00 bits per heavy atom. The van der Waals surface area contributed by atoms with Gasteiger partial charge in [0, 0.05) is 18.8 Å². The van der Waals surface area contributed by atoms with Crippen LogP contribution in [-0.2, 0) is 0 Å². The van der Waals surface area contributed by atoms with Crippen LogP contribution in [0.5, 0.6) is 0 Å². The number of nitrogens with zero attached hydrogens (tertiary/aromatic N) is 4. The number of nitrogens with one attached hydrogen (secondary N) is 1. The van der Waals surface area contributed by atoms with Gasteiger partial charge in [-0.05, 0) is 44.2 Å². The summed E-state index contributed by atoms with van der Waals surface area (Å²) in [6.07, 6.45) is 0. The highest BCUT2D eigenvalue weighted by atomic mass is 16.1. The van der Waals surface area contributed by atoms with Crippen LogP contribution in [0.3, 0.4) is 0 Å². The number of amides is 1. The molecule has 0 unspecified atom stereocenters. The third-order valence-electron chi connectivity index (χ3n) is 3.22. The van der Waals surface area contributed by atoms with Crippen molar-refractivity contribution in [1.82, 2.24) is 10.2 Å². The monoisotopic (exact) mass is 295 g/mol. The molecule has 6 nitrogen and oxygen atoms in total. The summed E-state index contributed by atoms with van der Waals surface area (Å²) in [5, 5.41) is 19.6. The number of benzene rings is 1. The van der Waals surface area contributed by atoms with Gasteiger partial charge in [0.2, 0.25) is 0 Å². The summed E-state index contributed by atoms with van der Waals surface area (Å²) in [6.45, 7) is 5.73. The minimum Gasteiger partial charge on any atom is -0.356 e. The molecule has 1 aromatic carbocycles. The van der Waals surface area contributed by atoms with E-state index in [2.05, 4.69) is 15.5 Å². The molecule has 0 aliphatic carbocycles. The number of nitriles is 1. The number of hydrogen-bond acceptors (Lipinski definition) is 5. The molecule has 0 aliphatic rings. The van der Waals surface area contributed by atoms with E-state index >= 15 is 0 Å². The van der Waals surface area contributed by atoms with Gasteiger partial charge in [0.1, 0.15) is 0 Å². The van der Waals surface area contributed by atoms with Gasteiger partial charge in [0.05, 0.1) is 11.6 Å². The van der Waals surface area contributed by atoms with Crippen LogP contribution in [0.4, 0.5) is 11.5 Å². The molecule has 0 spiro atoms. The summed E-state index contributed by atoms with van der Waals surface area (Å²) in [5.74, 6) is 0.390. The number of rotatable bonds is 5. The van der Waals surface area contributed by atoms with E-state index in [1.807, 2.05) is 24.8 Å². The molecule has 0 fully saturated rings. The zero-order valence-corrected chi connectivity index (χ0v) is 12.6. The first-order valence-corrected chi connectivity index (χ1v) is 7.08. The fourth-order valence-electron chi connectivity index (χ4n) is 2.02. The van der Waals surface area contributed by atoms with Gasteiger partial charge in [0.15, 0.2) is 11.5 Å². The summed E-state index contributed by atoms with van der Waals surface area (Å²) in [7, 11) is 0. The van der Waals surface area contributed by atoms with Crippen LogP contribution in [0, 0.1) is 11.3 Å². The molecule has 6 heteroatoms. The highest BCUT2D eigenvalue weighted by Gasteiger charge is 2.10. The van der Waals surface area contributed by atoms with Gasteiger partial charge in [-0.15, -0.1) is 10.2 Å². The van der Waals surface area contributed by atoms with E-state index in [0.717, 1.165) is 18.9 Å². The van der Waals surface area contributed by atoms with Crippen molar-refractivity contribution in [3.63, 3.8) is 0 Å². The van der Waals surface area contributed by atoms with Crippen LogP contribution >= 0.6 is 0 Å². The molecule has 2 aromatic rings. The smallest absolute Gasteiger partial charge is 0.276 e. The second-order valence-corrected chi connectivity index (χ2v) is 4.60. The van der Waals surface area contributed by atoms with Crippen molar-refractivity contribution < 1.29 is 4.79 Å². The zero-order valence-electron chi connectivity index (χ0n) is 12.6. The van der Waals surface area contributed by atoms with Crippen molar-refractivity contribution in [3.05, 3.63) is 47.7 Å². The first-order valence-electron chi connectivity index (χ1n) is 7.08. The van der Waals surface area contributed by atoms with Crippen LogP contribution in [-0.4, -0.2) is 29.2 Å². The minimum atomic E-state index is -0.353. The van der Waals surface area contributed by atoms with E-state index < -0.39 is 0 Å². The molecule has 0 atom stereocenters. The molecule has 0 radical (unpaired) electrons. The highest BCUT2D eigenvalue weighted by Crippen LogP contribution is 2.12. The second kappa shape index (κ2) is 7.18. The predicted octanol–water partition coefficient (Wildman–Crippen LogP) is 2.45. The fourth-order valence-corrected chi connectivity index (χ4v) is 2.02. The maximum atomic E-state index is 12.1. The fraction of sp³-hybridized carbons (Fsp3) is 0.250. The van der Waals surface area contributed by atoms with Gasteiger partial charge < -0.3 is 10.2 Å². The lowest BCUT2D eigenvalue weighted by atomic mass is 10.2. The molecule has 0 saturated carbocycles. The SMILES string of the molecule is CCN(CC)c1ccc(C(=O)Nc2cccc(C#N)c2)nn1. The summed E-state index contributed by atoms with van der Waals surface area (Å²) >= 11 is 0. The van der Waals surface area contributed by atoms with Crippen molar-refractivity contribution in [3.8, 4) is 6.07 Å².